The van der Waals surface area contributed by atoms with Crippen molar-refractivity contribution in [2.45, 2.75) is 19.3 Å². The zero-order valence-electron chi connectivity index (χ0n) is 14.1. The summed E-state index contributed by atoms with van der Waals surface area (Å²) in [6.45, 7) is 4.57. The predicted octanol–water partition coefficient (Wildman–Crippen LogP) is 2.88. The molecule has 0 saturated carbocycles. The second-order valence-electron chi connectivity index (χ2n) is 6.49. The van der Waals surface area contributed by atoms with Crippen LogP contribution < -0.4 is 5.73 Å². The van der Waals surface area contributed by atoms with Gasteiger partial charge in [-0.1, -0.05) is 13.0 Å². The van der Waals surface area contributed by atoms with E-state index in [4.69, 9.17) is 5.73 Å². The Bertz CT molecular complexity index is 830. The Kier molecular flexibility index (Phi) is 4.64. The lowest BCUT2D eigenvalue weighted by atomic mass is 9.58. The third-order valence-electron chi connectivity index (χ3n) is 5.18. The fourth-order valence-electron chi connectivity index (χ4n) is 4.07. The predicted molar refractivity (Wildman–Crippen MR) is 95.8 cm³/mol. The van der Waals surface area contributed by atoms with Crippen LogP contribution in [0, 0.1) is 45.3 Å². The Morgan fingerprint density at radius 2 is 2.12 bits per heavy atom. The van der Waals surface area contributed by atoms with Crippen LogP contribution in [-0.4, -0.2) is 24.5 Å². The average molecular weight is 349 g/mol. The van der Waals surface area contributed by atoms with E-state index in [1.807, 2.05) is 22.9 Å². The second-order valence-corrected chi connectivity index (χ2v) is 7.27. The summed E-state index contributed by atoms with van der Waals surface area (Å²) in [7, 11) is 0. The summed E-state index contributed by atoms with van der Waals surface area (Å²) in [6, 6.07) is 8.44. The van der Waals surface area contributed by atoms with E-state index in [2.05, 4.69) is 30.0 Å². The number of nitriles is 3. The molecule has 2 aliphatic rings. The lowest BCUT2D eigenvalue weighted by molar-refractivity contribution is 0.207. The number of nitrogens with two attached hydrogens (primary N) is 1. The van der Waals surface area contributed by atoms with Crippen LogP contribution >= 0.6 is 11.3 Å². The summed E-state index contributed by atoms with van der Waals surface area (Å²) in [5, 5.41) is 33.4. The molecule has 0 fully saturated rings. The van der Waals surface area contributed by atoms with Gasteiger partial charge in [0.25, 0.3) is 0 Å². The third kappa shape index (κ3) is 2.53. The van der Waals surface area contributed by atoms with E-state index in [9.17, 15) is 15.8 Å². The number of hydrogen-bond acceptors (Lipinski definition) is 6. The van der Waals surface area contributed by atoms with Crippen molar-refractivity contribution in [1.82, 2.24) is 4.90 Å². The van der Waals surface area contributed by atoms with E-state index in [-0.39, 0.29) is 17.5 Å². The molecule has 1 aliphatic carbocycles. The fraction of sp³-hybridized carbons (Fsp3) is 0.421. The van der Waals surface area contributed by atoms with Gasteiger partial charge in [0.2, 0.25) is 0 Å². The van der Waals surface area contributed by atoms with Gasteiger partial charge < -0.3 is 5.73 Å². The topological polar surface area (TPSA) is 101 Å². The molecular weight excluding hydrogens is 330 g/mol. The summed E-state index contributed by atoms with van der Waals surface area (Å²) >= 11 is 1.54. The van der Waals surface area contributed by atoms with Crippen molar-refractivity contribution in [3.63, 3.8) is 0 Å². The van der Waals surface area contributed by atoms with Crippen LogP contribution in [-0.2, 0) is 0 Å². The summed E-state index contributed by atoms with van der Waals surface area (Å²) in [4.78, 5) is 2.31. The molecule has 3 rings (SSSR count). The monoisotopic (exact) mass is 349 g/mol. The van der Waals surface area contributed by atoms with Crippen LogP contribution in [0.2, 0.25) is 0 Å². The first-order chi connectivity index (χ1) is 12.1. The molecule has 2 N–H and O–H groups in total. The molecule has 0 amide bonds. The van der Waals surface area contributed by atoms with Crippen molar-refractivity contribution < 1.29 is 0 Å². The highest BCUT2D eigenvalue weighted by atomic mass is 32.1. The molecule has 0 aromatic carbocycles. The maximum atomic E-state index is 9.93. The quantitative estimate of drug-likeness (QED) is 0.904. The standard InChI is InChI=1S/C19H19N5S/c1-2-5-24-6-3-14-15(8-20)18(23)19(11-21,12-22)17(16(14)9-24)13-4-7-25-10-13/h3-4,7,10,16-17H,2,5-6,9,23H2,1H3/t16-,17-/m0/s1. The first-order valence-corrected chi connectivity index (χ1v) is 9.24. The molecule has 6 heteroatoms. The van der Waals surface area contributed by atoms with Crippen molar-refractivity contribution >= 4 is 11.3 Å². The Morgan fingerprint density at radius 1 is 1.36 bits per heavy atom. The number of fused-ring (bicyclic) bond motifs is 1. The van der Waals surface area contributed by atoms with E-state index in [0.29, 0.717) is 5.57 Å². The molecule has 0 unspecified atom stereocenters. The van der Waals surface area contributed by atoms with Crippen LogP contribution in [0.25, 0.3) is 0 Å². The normalized spacial score (nSPS) is 25.3. The fourth-order valence-corrected chi connectivity index (χ4v) is 4.76. The first kappa shape index (κ1) is 17.2. The Balaban J connectivity index is 2.24. The zero-order valence-corrected chi connectivity index (χ0v) is 14.9. The molecule has 2 atom stereocenters. The maximum Gasteiger partial charge on any atom is 0.191 e. The number of rotatable bonds is 3. The number of allylic oxidation sites excluding steroid dienone is 2. The van der Waals surface area contributed by atoms with Crippen LogP contribution in [0.3, 0.4) is 0 Å². The summed E-state index contributed by atoms with van der Waals surface area (Å²) < 4.78 is 0. The van der Waals surface area contributed by atoms with Crippen LogP contribution in [0.1, 0.15) is 24.8 Å². The molecule has 0 bridgehead atoms. The van der Waals surface area contributed by atoms with Gasteiger partial charge in [-0.3, -0.25) is 4.90 Å². The molecule has 1 aromatic heterocycles. The number of nitrogens with zero attached hydrogens (tertiary/aromatic N) is 4. The van der Waals surface area contributed by atoms with Crippen molar-refractivity contribution in [1.29, 1.82) is 15.8 Å². The summed E-state index contributed by atoms with van der Waals surface area (Å²) in [5.74, 6) is -0.451. The largest absolute Gasteiger partial charge is 0.399 e. The molecule has 1 aliphatic heterocycles. The molecule has 0 radical (unpaired) electrons. The molecule has 1 aromatic rings. The van der Waals surface area contributed by atoms with E-state index in [1.165, 1.54) is 11.3 Å². The smallest absolute Gasteiger partial charge is 0.191 e. The van der Waals surface area contributed by atoms with Gasteiger partial charge >= 0.3 is 0 Å². The van der Waals surface area contributed by atoms with E-state index in [0.717, 1.165) is 37.2 Å². The van der Waals surface area contributed by atoms with Crippen LogP contribution in [0.15, 0.2) is 39.7 Å². The molecule has 2 heterocycles. The third-order valence-corrected chi connectivity index (χ3v) is 5.88. The van der Waals surface area contributed by atoms with E-state index >= 15 is 0 Å². The minimum Gasteiger partial charge on any atom is -0.399 e. The summed E-state index contributed by atoms with van der Waals surface area (Å²) in [5.41, 5.74) is 6.99. The second kappa shape index (κ2) is 6.73. The van der Waals surface area contributed by atoms with Crippen molar-refractivity contribution in [2.75, 3.05) is 19.6 Å². The molecule has 0 spiro atoms. The maximum absolute atomic E-state index is 9.93. The van der Waals surface area contributed by atoms with Crippen molar-refractivity contribution in [3.8, 4) is 18.2 Å². The van der Waals surface area contributed by atoms with Gasteiger partial charge in [0, 0.05) is 24.9 Å². The highest BCUT2D eigenvalue weighted by Gasteiger charge is 2.54. The highest BCUT2D eigenvalue weighted by Crippen LogP contribution is 2.54. The van der Waals surface area contributed by atoms with Crippen LogP contribution in [0.5, 0.6) is 0 Å². The number of hydrogen-bond donors (Lipinski definition) is 1. The minimum atomic E-state index is -1.51. The lowest BCUT2D eigenvalue weighted by Crippen LogP contribution is -2.48. The highest BCUT2D eigenvalue weighted by molar-refractivity contribution is 7.08. The van der Waals surface area contributed by atoms with Crippen molar-refractivity contribution in [3.05, 3.63) is 45.3 Å². The zero-order chi connectivity index (χ0) is 18.0. The Morgan fingerprint density at radius 3 is 2.68 bits per heavy atom. The summed E-state index contributed by atoms with van der Waals surface area (Å²) in [6.07, 6.45) is 3.08. The number of thiophene rings is 1. The Labute approximate surface area is 151 Å². The van der Waals surface area contributed by atoms with Crippen LogP contribution in [0.4, 0.5) is 0 Å². The van der Waals surface area contributed by atoms with Crippen molar-refractivity contribution in [2.24, 2.45) is 17.1 Å². The van der Waals surface area contributed by atoms with Gasteiger partial charge in [-0.2, -0.15) is 27.1 Å². The molecule has 126 valence electrons. The van der Waals surface area contributed by atoms with Gasteiger partial charge in [0.1, 0.15) is 6.07 Å². The molecule has 0 saturated heterocycles. The Hall–Kier alpha value is -2.59. The molecule has 25 heavy (non-hydrogen) atoms. The van der Waals surface area contributed by atoms with E-state index < -0.39 is 5.41 Å². The SMILES string of the molecule is CCCN1CC=C2C(C#N)=C(N)C(C#N)(C#N)[C@@H](c3ccsc3)[C@H]2C1. The average Bonchev–Trinajstić information content (AvgIpc) is 3.15. The van der Waals surface area contributed by atoms with Gasteiger partial charge in [0.15, 0.2) is 5.41 Å². The van der Waals surface area contributed by atoms with Gasteiger partial charge in [0.05, 0.1) is 23.4 Å². The van der Waals surface area contributed by atoms with E-state index in [1.54, 1.807) is 0 Å². The van der Waals surface area contributed by atoms with Gasteiger partial charge in [-0.25, -0.2) is 0 Å². The first-order valence-electron chi connectivity index (χ1n) is 8.30. The van der Waals surface area contributed by atoms with Gasteiger partial charge in [-0.15, -0.1) is 0 Å². The lowest BCUT2D eigenvalue weighted by Gasteiger charge is -2.45. The van der Waals surface area contributed by atoms with Gasteiger partial charge in [-0.05, 0) is 40.9 Å². The minimum absolute atomic E-state index is 0.0869. The molecular formula is C19H19N5S. The molecule has 5 nitrogen and oxygen atoms in total.